The number of nitrogens with one attached hydrogen (secondary N) is 1. The number of anilines is 1. The van der Waals surface area contributed by atoms with Gasteiger partial charge in [0, 0.05) is 5.71 Å². The third-order valence-electron chi connectivity index (χ3n) is 3.44. The van der Waals surface area contributed by atoms with Gasteiger partial charge >= 0.3 is 5.97 Å². The number of methoxy groups -OCH3 is 1. The maximum absolute atomic E-state index is 10.8. The molecule has 0 aliphatic heterocycles. The van der Waals surface area contributed by atoms with Crippen molar-refractivity contribution in [3.05, 3.63) is 59.7 Å². The van der Waals surface area contributed by atoms with Crippen LogP contribution in [0.15, 0.2) is 53.6 Å². The highest BCUT2D eigenvalue weighted by molar-refractivity contribution is 5.88. The van der Waals surface area contributed by atoms with Crippen molar-refractivity contribution in [2.75, 3.05) is 12.5 Å². The highest BCUT2D eigenvalue weighted by Crippen LogP contribution is 2.13. The molecule has 2 aromatic carbocycles. The molecule has 0 unspecified atom stereocenters. The lowest BCUT2D eigenvalue weighted by Crippen LogP contribution is -2.01. The number of hydrogen-bond donors (Lipinski definition) is 2. The molecule has 5 nitrogen and oxygen atoms in total. The number of carboxylic acids is 1. The van der Waals surface area contributed by atoms with Crippen molar-refractivity contribution in [2.24, 2.45) is 5.10 Å². The smallest absolute Gasteiger partial charge is 0.335 e. The minimum absolute atomic E-state index is 0.260. The van der Waals surface area contributed by atoms with Crippen molar-refractivity contribution in [3.8, 4) is 5.75 Å². The molecule has 23 heavy (non-hydrogen) atoms. The molecule has 120 valence electrons. The molecule has 2 rings (SSSR count). The minimum atomic E-state index is -0.935. The number of hydrogen-bond acceptors (Lipinski definition) is 4. The van der Waals surface area contributed by atoms with Gasteiger partial charge in [0.2, 0.25) is 0 Å². The summed E-state index contributed by atoms with van der Waals surface area (Å²) in [6.45, 7) is 1.96. The molecule has 2 N–H and O–H groups in total. The number of carbonyl (C=O) groups is 1. The molecule has 0 aliphatic rings. The van der Waals surface area contributed by atoms with E-state index < -0.39 is 5.97 Å². The molecule has 0 spiro atoms. The van der Waals surface area contributed by atoms with Crippen molar-refractivity contribution in [1.29, 1.82) is 0 Å². The van der Waals surface area contributed by atoms with Crippen LogP contribution in [0.2, 0.25) is 0 Å². The number of carboxylic acid groups (broad SMARTS) is 1. The molecule has 0 atom stereocenters. The molecule has 0 aromatic heterocycles. The van der Waals surface area contributed by atoms with E-state index >= 15 is 0 Å². The molecule has 0 radical (unpaired) electrons. The monoisotopic (exact) mass is 312 g/mol. The molecule has 5 heteroatoms. The Bertz CT molecular complexity index is 676. The van der Waals surface area contributed by atoms with Gasteiger partial charge in [0.25, 0.3) is 0 Å². The number of ether oxygens (including phenoxy) is 1. The Morgan fingerprint density at radius 1 is 1.13 bits per heavy atom. The molecule has 0 fully saturated rings. The zero-order valence-electron chi connectivity index (χ0n) is 13.2. The summed E-state index contributed by atoms with van der Waals surface area (Å²) in [6.07, 6.45) is 1.74. The summed E-state index contributed by atoms with van der Waals surface area (Å²) in [5.74, 6) is -0.0821. The lowest BCUT2D eigenvalue weighted by atomic mass is 10.1. The van der Waals surface area contributed by atoms with Crippen LogP contribution in [-0.4, -0.2) is 23.9 Å². The first kappa shape index (κ1) is 16.5. The topological polar surface area (TPSA) is 70.9 Å². The van der Waals surface area contributed by atoms with Crippen LogP contribution in [0, 0.1) is 0 Å². The van der Waals surface area contributed by atoms with Gasteiger partial charge in [0.15, 0.2) is 0 Å². The Hall–Kier alpha value is -2.82. The van der Waals surface area contributed by atoms with Crippen molar-refractivity contribution in [2.45, 2.75) is 19.8 Å². The summed E-state index contributed by atoms with van der Waals surface area (Å²) in [4.78, 5) is 10.8. The van der Waals surface area contributed by atoms with E-state index in [2.05, 4.69) is 10.5 Å². The fourth-order valence-corrected chi connectivity index (χ4v) is 2.02. The van der Waals surface area contributed by atoms with Crippen LogP contribution >= 0.6 is 0 Å². The molecular formula is C18H20N2O3. The first-order chi connectivity index (χ1) is 11.1. The first-order valence-corrected chi connectivity index (χ1v) is 7.34. The molecule has 0 saturated heterocycles. The fraction of sp³-hybridized carbons (Fsp3) is 0.222. The number of hydrazone groups is 1. The lowest BCUT2D eigenvalue weighted by molar-refractivity contribution is 0.0697. The fourth-order valence-electron chi connectivity index (χ4n) is 2.02. The molecule has 2 aromatic rings. The van der Waals surface area contributed by atoms with E-state index in [1.54, 1.807) is 31.4 Å². The highest BCUT2D eigenvalue weighted by atomic mass is 16.5. The van der Waals surface area contributed by atoms with Gasteiger partial charge in [-0.05, 0) is 61.7 Å². The second-order valence-corrected chi connectivity index (χ2v) is 5.19. The highest BCUT2D eigenvalue weighted by Gasteiger charge is 2.01. The third kappa shape index (κ3) is 5.14. The summed E-state index contributed by atoms with van der Waals surface area (Å²) >= 11 is 0. The number of aryl methyl sites for hydroxylation is 1. The first-order valence-electron chi connectivity index (χ1n) is 7.34. The van der Waals surface area contributed by atoms with Crippen LogP contribution in [0.4, 0.5) is 5.69 Å². The normalized spacial score (nSPS) is 11.1. The number of aromatic carboxylic acids is 1. The zero-order chi connectivity index (χ0) is 16.7. The van der Waals surface area contributed by atoms with Crippen LogP contribution in [-0.2, 0) is 6.42 Å². The van der Waals surface area contributed by atoms with Crippen LogP contribution < -0.4 is 10.2 Å². The predicted octanol–water partition coefficient (Wildman–Crippen LogP) is 3.81. The van der Waals surface area contributed by atoms with E-state index in [4.69, 9.17) is 9.84 Å². The van der Waals surface area contributed by atoms with Crippen LogP contribution in [0.25, 0.3) is 0 Å². The standard InChI is InChI=1S/C18H20N2O3/c1-13(3-4-14-5-11-17(23-2)12-6-14)19-20-16-9-7-15(8-10-16)18(21)22/h5-12,20H,3-4H2,1-2H3,(H,21,22)/b19-13-. The Morgan fingerprint density at radius 2 is 1.78 bits per heavy atom. The molecule has 0 saturated carbocycles. The maximum Gasteiger partial charge on any atom is 0.335 e. The minimum Gasteiger partial charge on any atom is -0.497 e. The van der Waals surface area contributed by atoms with E-state index in [1.807, 2.05) is 31.2 Å². The van der Waals surface area contributed by atoms with Crippen LogP contribution in [0.1, 0.15) is 29.3 Å². The van der Waals surface area contributed by atoms with E-state index in [1.165, 1.54) is 5.56 Å². The summed E-state index contributed by atoms with van der Waals surface area (Å²) in [7, 11) is 1.65. The average Bonchev–Trinajstić information content (AvgIpc) is 2.59. The van der Waals surface area contributed by atoms with Crippen molar-refractivity contribution in [1.82, 2.24) is 0 Å². The number of rotatable bonds is 7. The summed E-state index contributed by atoms with van der Waals surface area (Å²) in [6, 6.07) is 14.5. The van der Waals surface area contributed by atoms with Crippen molar-refractivity contribution in [3.63, 3.8) is 0 Å². The van der Waals surface area contributed by atoms with Gasteiger partial charge in [-0.1, -0.05) is 12.1 Å². The van der Waals surface area contributed by atoms with Crippen LogP contribution in [0.5, 0.6) is 5.75 Å². The molecule has 0 heterocycles. The Kier molecular flexibility index (Phi) is 5.74. The summed E-state index contributed by atoms with van der Waals surface area (Å²) < 4.78 is 5.14. The molecular weight excluding hydrogens is 292 g/mol. The van der Waals surface area contributed by atoms with Gasteiger partial charge in [0.05, 0.1) is 18.4 Å². The van der Waals surface area contributed by atoms with Gasteiger partial charge < -0.3 is 9.84 Å². The number of benzene rings is 2. The van der Waals surface area contributed by atoms with Gasteiger partial charge in [-0.15, -0.1) is 0 Å². The van der Waals surface area contributed by atoms with Crippen LogP contribution in [0.3, 0.4) is 0 Å². The van der Waals surface area contributed by atoms with Crippen molar-refractivity contribution < 1.29 is 14.6 Å². The van der Waals surface area contributed by atoms with Gasteiger partial charge in [0.1, 0.15) is 5.75 Å². The Morgan fingerprint density at radius 3 is 2.35 bits per heavy atom. The molecule has 0 bridgehead atoms. The quantitative estimate of drug-likeness (QED) is 0.602. The lowest BCUT2D eigenvalue weighted by Gasteiger charge is -2.05. The SMILES string of the molecule is COc1ccc(CC/C(C)=N\Nc2ccc(C(=O)O)cc2)cc1. The van der Waals surface area contributed by atoms with E-state index in [9.17, 15) is 4.79 Å². The molecule has 0 amide bonds. The summed E-state index contributed by atoms with van der Waals surface area (Å²) in [5.41, 5.74) is 6.17. The van der Waals surface area contributed by atoms with E-state index in [-0.39, 0.29) is 5.56 Å². The third-order valence-corrected chi connectivity index (χ3v) is 3.44. The van der Waals surface area contributed by atoms with E-state index in [0.717, 1.165) is 30.0 Å². The average molecular weight is 312 g/mol. The number of nitrogens with zero attached hydrogens (tertiary/aromatic N) is 1. The molecule has 0 aliphatic carbocycles. The van der Waals surface area contributed by atoms with Gasteiger partial charge in [-0.3, -0.25) is 5.43 Å². The second-order valence-electron chi connectivity index (χ2n) is 5.19. The van der Waals surface area contributed by atoms with Crippen molar-refractivity contribution >= 4 is 17.4 Å². The van der Waals surface area contributed by atoms with Gasteiger partial charge in [-0.25, -0.2) is 4.79 Å². The van der Waals surface area contributed by atoms with E-state index in [0.29, 0.717) is 0 Å². The second kappa shape index (κ2) is 7.98. The maximum atomic E-state index is 10.8. The summed E-state index contributed by atoms with van der Waals surface area (Å²) in [5, 5.41) is 13.2. The van der Waals surface area contributed by atoms with Gasteiger partial charge in [-0.2, -0.15) is 5.10 Å². The zero-order valence-corrected chi connectivity index (χ0v) is 13.2. The predicted molar refractivity (Wildman–Crippen MR) is 91.4 cm³/mol. The Labute approximate surface area is 135 Å². The Balaban J connectivity index is 1.85. The largest absolute Gasteiger partial charge is 0.497 e.